The molecule has 0 spiro atoms. The van der Waals surface area contributed by atoms with Crippen molar-refractivity contribution in [3.05, 3.63) is 135 Å². The number of aromatic nitrogens is 3. The van der Waals surface area contributed by atoms with Gasteiger partial charge in [-0.2, -0.15) is 0 Å². The highest BCUT2D eigenvalue weighted by atomic mass is 16.1. The van der Waals surface area contributed by atoms with E-state index in [4.69, 9.17) is 4.98 Å². The smallest absolute Gasteiger partial charge is 0.260 e. The van der Waals surface area contributed by atoms with Crippen LogP contribution in [0.3, 0.4) is 0 Å². The molecule has 5 aromatic rings. The molecule has 7 heteroatoms. The lowest BCUT2D eigenvalue weighted by Crippen LogP contribution is -2.23. The normalized spacial score (nSPS) is 11.7. The number of fused-ring (bicyclic) bond motifs is 2. The predicted molar refractivity (Wildman–Crippen MR) is 165 cm³/mol. The number of benzene rings is 2. The Balaban J connectivity index is 1.78. The van der Waals surface area contributed by atoms with Crippen molar-refractivity contribution < 1.29 is 0 Å². The minimum atomic E-state index is -0.259. The topological polar surface area (TPSA) is 81.6 Å². The standard InChI is InChI=1S/C33H29N5O2/c1-5-15-37-20-24(18-34-26-11-7-22(3)8-12-26)30-28(32(37)39)17-29-31(36-30)25(21-38(16-6-2)33(29)40)19-35-27-13-9-23(4)10-14-27/h5-14,17-21H,1-2,15-16H2,3-4H3. The van der Waals surface area contributed by atoms with Crippen LogP contribution < -0.4 is 11.1 Å². The average Bonchev–Trinajstić information content (AvgIpc) is 2.96. The molecule has 0 fully saturated rings. The second kappa shape index (κ2) is 11.3. The van der Waals surface area contributed by atoms with E-state index >= 15 is 0 Å². The minimum absolute atomic E-state index is 0.259. The molecule has 0 unspecified atom stereocenters. The zero-order chi connectivity index (χ0) is 28.2. The Kier molecular flexibility index (Phi) is 7.46. The van der Waals surface area contributed by atoms with Crippen molar-refractivity contribution in [3.8, 4) is 0 Å². The Bertz CT molecular complexity index is 1790. The fourth-order valence-corrected chi connectivity index (χ4v) is 4.45. The number of hydrogen-bond acceptors (Lipinski definition) is 5. The van der Waals surface area contributed by atoms with Gasteiger partial charge in [0.2, 0.25) is 0 Å². The van der Waals surface area contributed by atoms with Crippen LogP contribution in [0.5, 0.6) is 0 Å². The summed E-state index contributed by atoms with van der Waals surface area (Å²) in [5.41, 5.74) is 5.53. The third-order valence-electron chi connectivity index (χ3n) is 6.57. The van der Waals surface area contributed by atoms with Gasteiger partial charge in [0, 0.05) is 49.0 Å². The van der Waals surface area contributed by atoms with Crippen molar-refractivity contribution in [1.29, 1.82) is 0 Å². The molecule has 0 aliphatic carbocycles. The summed E-state index contributed by atoms with van der Waals surface area (Å²) in [6, 6.07) is 17.3. The van der Waals surface area contributed by atoms with E-state index in [9.17, 15) is 9.59 Å². The Morgan fingerprint density at radius 1 is 0.700 bits per heavy atom. The van der Waals surface area contributed by atoms with E-state index in [0.717, 1.165) is 22.5 Å². The van der Waals surface area contributed by atoms with Crippen LogP contribution >= 0.6 is 0 Å². The maximum Gasteiger partial charge on any atom is 0.260 e. The number of pyridine rings is 3. The highest BCUT2D eigenvalue weighted by Gasteiger charge is 2.15. The molecule has 2 aromatic carbocycles. The fourth-order valence-electron chi connectivity index (χ4n) is 4.45. The molecule has 0 bridgehead atoms. The van der Waals surface area contributed by atoms with Crippen molar-refractivity contribution in [1.82, 2.24) is 14.1 Å². The Morgan fingerprint density at radius 3 is 1.48 bits per heavy atom. The lowest BCUT2D eigenvalue weighted by atomic mass is 10.1. The van der Waals surface area contributed by atoms with E-state index in [1.165, 1.54) is 0 Å². The third-order valence-corrected chi connectivity index (χ3v) is 6.57. The maximum absolute atomic E-state index is 13.5. The highest BCUT2D eigenvalue weighted by Crippen LogP contribution is 2.22. The summed E-state index contributed by atoms with van der Waals surface area (Å²) in [5.74, 6) is 0. The van der Waals surface area contributed by atoms with Gasteiger partial charge in [0.05, 0.1) is 33.2 Å². The van der Waals surface area contributed by atoms with Crippen LogP contribution in [0.15, 0.2) is 112 Å². The lowest BCUT2D eigenvalue weighted by Gasteiger charge is -2.12. The van der Waals surface area contributed by atoms with Crippen molar-refractivity contribution in [2.45, 2.75) is 26.9 Å². The van der Waals surface area contributed by atoms with E-state index in [1.54, 1.807) is 52.2 Å². The molecule has 3 aromatic heterocycles. The molecule has 7 nitrogen and oxygen atoms in total. The van der Waals surface area contributed by atoms with E-state index in [1.807, 2.05) is 62.4 Å². The first-order chi connectivity index (χ1) is 19.4. The molecular weight excluding hydrogens is 498 g/mol. The number of allylic oxidation sites excluding steroid dienone is 2. The average molecular weight is 528 g/mol. The molecule has 0 radical (unpaired) electrons. The van der Waals surface area contributed by atoms with Gasteiger partial charge in [-0.25, -0.2) is 4.98 Å². The summed E-state index contributed by atoms with van der Waals surface area (Å²) in [6.45, 7) is 12.2. The molecule has 0 amide bonds. The van der Waals surface area contributed by atoms with Crippen LogP contribution in [0.4, 0.5) is 11.4 Å². The Hall–Kier alpha value is -5.17. The van der Waals surface area contributed by atoms with Gasteiger partial charge in [0.1, 0.15) is 0 Å². The molecule has 0 N–H and O–H groups in total. The second-order valence-corrected chi connectivity index (χ2v) is 9.63. The molecule has 0 aliphatic heterocycles. The lowest BCUT2D eigenvalue weighted by molar-refractivity contribution is 0.785. The number of aliphatic imine (C=N–C) groups is 2. The van der Waals surface area contributed by atoms with Crippen LogP contribution in [-0.4, -0.2) is 26.5 Å². The third kappa shape index (κ3) is 5.35. The largest absolute Gasteiger partial charge is 0.310 e. The minimum Gasteiger partial charge on any atom is -0.310 e. The number of nitrogens with zero attached hydrogens (tertiary/aromatic N) is 5. The summed E-state index contributed by atoms with van der Waals surface area (Å²) in [6.07, 6.45) is 10.1. The van der Waals surface area contributed by atoms with Crippen molar-refractivity contribution in [3.63, 3.8) is 0 Å². The molecular formula is C33H29N5O2. The molecule has 0 aliphatic rings. The molecule has 0 saturated carbocycles. The van der Waals surface area contributed by atoms with E-state index < -0.39 is 0 Å². The summed E-state index contributed by atoms with van der Waals surface area (Å²) in [7, 11) is 0. The summed E-state index contributed by atoms with van der Waals surface area (Å²) >= 11 is 0. The van der Waals surface area contributed by atoms with Crippen LogP contribution in [-0.2, 0) is 13.1 Å². The van der Waals surface area contributed by atoms with Crippen LogP contribution in [0.2, 0.25) is 0 Å². The summed E-state index contributed by atoms with van der Waals surface area (Å²) in [4.78, 5) is 41.1. The maximum atomic E-state index is 13.5. The molecule has 40 heavy (non-hydrogen) atoms. The van der Waals surface area contributed by atoms with E-state index in [0.29, 0.717) is 46.0 Å². The number of rotatable bonds is 8. The second-order valence-electron chi connectivity index (χ2n) is 9.63. The van der Waals surface area contributed by atoms with Gasteiger partial charge in [-0.3, -0.25) is 19.6 Å². The first-order valence-electron chi connectivity index (χ1n) is 12.9. The molecule has 0 saturated heterocycles. The SMILES string of the molecule is C=CCn1cc(C=Nc2ccc(C)cc2)c2nc3c(C=Nc4ccc(C)cc4)cn(CC=C)c(=O)c3cc2c1=O. The zero-order valence-electron chi connectivity index (χ0n) is 22.5. The van der Waals surface area contributed by atoms with Gasteiger partial charge in [0.25, 0.3) is 11.1 Å². The monoisotopic (exact) mass is 527 g/mol. The van der Waals surface area contributed by atoms with Gasteiger partial charge in [-0.15, -0.1) is 13.2 Å². The van der Waals surface area contributed by atoms with Crippen LogP contribution in [0, 0.1) is 13.8 Å². The highest BCUT2D eigenvalue weighted by molar-refractivity contribution is 6.05. The van der Waals surface area contributed by atoms with Gasteiger partial charge < -0.3 is 9.13 Å². The first kappa shape index (κ1) is 26.4. The number of hydrogen-bond donors (Lipinski definition) is 0. The zero-order valence-corrected chi connectivity index (χ0v) is 22.5. The van der Waals surface area contributed by atoms with E-state index in [2.05, 4.69) is 23.1 Å². The number of aryl methyl sites for hydroxylation is 2. The summed E-state index contributed by atoms with van der Waals surface area (Å²) < 4.78 is 3.09. The van der Waals surface area contributed by atoms with E-state index in [-0.39, 0.29) is 11.1 Å². The van der Waals surface area contributed by atoms with Crippen molar-refractivity contribution >= 4 is 45.6 Å². The summed E-state index contributed by atoms with van der Waals surface area (Å²) in [5, 5.41) is 0.661. The van der Waals surface area contributed by atoms with Crippen LogP contribution in [0.25, 0.3) is 21.8 Å². The predicted octanol–water partition coefficient (Wildman–Crippen LogP) is 6.20. The molecule has 0 atom stereocenters. The van der Waals surface area contributed by atoms with Gasteiger partial charge in [-0.05, 0) is 44.2 Å². The fraction of sp³-hybridized carbons (Fsp3) is 0.121. The van der Waals surface area contributed by atoms with Crippen LogP contribution in [0.1, 0.15) is 22.3 Å². The van der Waals surface area contributed by atoms with Gasteiger partial charge >= 0.3 is 0 Å². The Labute approximate surface area is 231 Å². The van der Waals surface area contributed by atoms with Crippen molar-refractivity contribution in [2.75, 3.05) is 0 Å². The Morgan fingerprint density at radius 2 is 1.10 bits per heavy atom. The molecule has 3 heterocycles. The quantitative estimate of drug-likeness (QED) is 0.137. The first-order valence-corrected chi connectivity index (χ1v) is 12.9. The molecule has 198 valence electrons. The molecule has 5 rings (SSSR count). The van der Waals surface area contributed by atoms with Gasteiger partial charge in [0.15, 0.2) is 0 Å². The van der Waals surface area contributed by atoms with Gasteiger partial charge in [-0.1, -0.05) is 47.5 Å². The van der Waals surface area contributed by atoms with Crippen molar-refractivity contribution in [2.24, 2.45) is 9.98 Å².